The minimum Gasteiger partial charge on any atom is -0.447 e. The number of hydrogen-bond acceptors (Lipinski definition) is 3. The fraction of sp³-hybridized carbons (Fsp3) is 0.438. The molecule has 1 amide bonds. The topological polar surface area (TPSA) is 57.4 Å². The molecule has 1 aromatic carbocycles. The Labute approximate surface area is 142 Å². The molecule has 2 aromatic rings. The molecular weight excluding hydrogens is 266 g/mol. The quantitative estimate of drug-likeness (QED) is 0.887. The summed E-state index contributed by atoms with van der Waals surface area (Å²) in [6.07, 6.45) is -4.71. The number of aromatic nitrogens is 1. The number of hydrogen-bond donors (Lipinski definition) is 2. The Kier molecular flexibility index (Phi) is 1.46. The van der Waals surface area contributed by atoms with E-state index in [0.717, 1.165) is 0 Å². The summed E-state index contributed by atoms with van der Waals surface area (Å²) in [5, 5.41) is 1.93. The van der Waals surface area contributed by atoms with Crippen LogP contribution in [0.25, 0.3) is 10.9 Å². The summed E-state index contributed by atoms with van der Waals surface area (Å²) >= 11 is 0. The molecule has 5 heteroatoms. The number of likely N-dealkylation sites (N-methyl/N-ethyl adjacent to an activating group) is 1. The first-order valence-corrected chi connectivity index (χ1v) is 6.12. The Morgan fingerprint density at radius 3 is 3.29 bits per heavy atom. The van der Waals surface area contributed by atoms with Gasteiger partial charge in [0.15, 0.2) is 0 Å². The van der Waals surface area contributed by atoms with E-state index in [4.69, 9.17) is 22.6 Å². The summed E-state index contributed by atoms with van der Waals surface area (Å²) in [7, 11) is 0. The summed E-state index contributed by atoms with van der Waals surface area (Å²) in [4.78, 5) is 13.8. The van der Waals surface area contributed by atoms with Gasteiger partial charge in [-0.15, -0.1) is 0 Å². The summed E-state index contributed by atoms with van der Waals surface area (Å²) < 4.78 is 108. The zero-order valence-corrected chi connectivity index (χ0v) is 10.9. The van der Waals surface area contributed by atoms with Gasteiger partial charge in [-0.05, 0) is 50.0 Å². The summed E-state index contributed by atoms with van der Waals surface area (Å²) in [5.41, 5.74) is -0.980. The Morgan fingerprint density at radius 2 is 2.52 bits per heavy atom. The maximum absolute atomic E-state index is 11.4. The first-order chi connectivity index (χ1) is 15.3. The Balaban J connectivity index is 2.19. The van der Waals surface area contributed by atoms with Crippen molar-refractivity contribution in [3.05, 3.63) is 35.4 Å². The van der Waals surface area contributed by atoms with Gasteiger partial charge in [-0.3, -0.25) is 0 Å². The van der Waals surface area contributed by atoms with Gasteiger partial charge < -0.3 is 19.9 Å². The smallest absolute Gasteiger partial charge is 0.407 e. The minimum absolute atomic E-state index is 0.00649. The number of alkyl carbamates (subject to hydrolysis) is 1. The summed E-state index contributed by atoms with van der Waals surface area (Å²) in [6, 6.07) is -3.24. The molecule has 1 aromatic heterocycles. The Bertz CT molecular complexity index is 1130. The SMILES string of the molecule is [2H]c1[nH]c2c([2H])c([2H])c(C[C@@]3([2H])COC(=O)N3)c([2H])c2c1C([2H])([2H])CN(C([2H])([2H])[2H])C([2H])([2H])[2H]. The zero-order chi connectivity index (χ0) is 26.0. The first-order valence-electron chi connectivity index (χ1n) is 12.6. The molecule has 3 rings (SSSR count). The lowest BCUT2D eigenvalue weighted by Gasteiger charge is -2.09. The number of rotatable bonds is 5. The van der Waals surface area contributed by atoms with Gasteiger partial charge in [0.1, 0.15) is 6.61 Å². The monoisotopic (exact) mass is 300 g/mol. The van der Waals surface area contributed by atoms with Crippen molar-refractivity contribution in [3.8, 4) is 0 Å². The summed E-state index contributed by atoms with van der Waals surface area (Å²) in [6.45, 7) is -7.98. The number of aromatic amines is 1. The van der Waals surface area contributed by atoms with E-state index in [1.807, 2.05) is 0 Å². The average Bonchev–Trinajstić information content (AvgIpc) is 3.20. The molecule has 0 unspecified atom stereocenters. The second kappa shape index (κ2) is 5.77. The van der Waals surface area contributed by atoms with Crippen molar-refractivity contribution in [2.45, 2.75) is 18.8 Å². The van der Waals surface area contributed by atoms with E-state index < -0.39 is 81.9 Å². The van der Waals surface area contributed by atoms with Gasteiger partial charge in [0, 0.05) is 34.6 Å². The van der Waals surface area contributed by atoms with E-state index in [0.29, 0.717) is 0 Å². The highest BCUT2D eigenvalue weighted by atomic mass is 16.6. The molecule has 2 N–H and O–H groups in total. The highest BCUT2D eigenvalue weighted by molar-refractivity contribution is 5.84. The van der Waals surface area contributed by atoms with Gasteiger partial charge in [-0.1, -0.05) is 6.04 Å². The third-order valence-corrected chi connectivity index (χ3v) is 2.89. The average molecular weight is 300 g/mol. The van der Waals surface area contributed by atoms with E-state index >= 15 is 0 Å². The largest absolute Gasteiger partial charge is 0.447 e. The highest BCUT2D eigenvalue weighted by Crippen LogP contribution is 2.21. The molecule has 1 saturated heterocycles. The molecule has 21 heavy (non-hydrogen) atoms. The lowest BCUT2D eigenvalue weighted by molar-refractivity contribution is 0.177. The van der Waals surface area contributed by atoms with Crippen LogP contribution in [0.4, 0.5) is 4.79 Å². The van der Waals surface area contributed by atoms with Crippen LogP contribution in [0.1, 0.15) is 28.9 Å². The molecule has 0 bridgehead atoms. The van der Waals surface area contributed by atoms with Gasteiger partial charge in [0.05, 0.1) is 12.9 Å². The number of cyclic esters (lactones) is 1. The van der Waals surface area contributed by atoms with Gasteiger partial charge in [-0.25, -0.2) is 4.79 Å². The van der Waals surface area contributed by atoms with Crippen molar-refractivity contribution in [1.29, 1.82) is 0 Å². The standard InChI is InChI=1S/C16H21N3O2/c1-19(2)6-5-12-9-17-15-4-3-11(8-14(12)15)7-13-10-21-16(20)18-13/h3-4,8-9,13,17H,5-7,10H2,1-2H3,(H,18,20)/t13-/m0/s1/i1D3,2D3,3D,4D,5D2,8D,9D,13D. The number of fused-ring (bicyclic) bond motifs is 1. The van der Waals surface area contributed by atoms with Crippen LogP contribution < -0.4 is 5.32 Å². The predicted molar refractivity (Wildman–Crippen MR) is 82.5 cm³/mol. The number of nitrogens with zero attached hydrogens (tertiary/aromatic N) is 1. The molecule has 112 valence electrons. The van der Waals surface area contributed by atoms with Crippen LogP contribution in [0.3, 0.4) is 0 Å². The van der Waals surface area contributed by atoms with Crippen LogP contribution in [-0.4, -0.2) is 49.1 Å². The number of carbonyl (C=O) groups is 1. The maximum Gasteiger partial charge on any atom is 0.407 e. The van der Waals surface area contributed by atoms with Gasteiger partial charge in [-0.2, -0.15) is 0 Å². The molecule has 0 radical (unpaired) electrons. The van der Waals surface area contributed by atoms with Crippen LogP contribution in [0.15, 0.2) is 24.3 Å². The van der Waals surface area contributed by atoms with Gasteiger partial charge in [0.25, 0.3) is 0 Å². The number of H-pyrrole nitrogens is 1. The number of nitrogens with one attached hydrogen (secondary N) is 2. The third-order valence-electron chi connectivity index (χ3n) is 2.89. The molecular formula is C16H21N3O2. The number of benzene rings is 1. The summed E-state index contributed by atoms with van der Waals surface area (Å²) in [5.74, 6) is 0. The lowest BCUT2D eigenvalue weighted by Crippen LogP contribution is -2.28. The molecule has 1 aliphatic heterocycles. The third kappa shape index (κ3) is 3.19. The maximum atomic E-state index is 11.4. The van der Waals surface area contributed by atoms with E-state index in [-0.39, 0.29) is 21.4 Å². The molecule has 1 fully saturated rings. The lowest BCUT2D eigenvalue weighted by atomic mass is 10.0. The zero-order valence-electron chi connectivity index (χ0n) is 23.9. The van der Waals surface area contributed by atoms with Crippen molar-refractivity contribution >= 4 is 17.0 Å². The Hall–Kier alpha value is -2.01. The van der Waals surface area contributed by atoms with Crippen molar-refractivity contribution in [2.24, 2.45) is 0 Å². The van der Waals surface area contributed by atoms with E-state index in [2.05, 4.69) is 10.3 Å². The van der Waals surface area contributed by atoms with Crippen LogP contribution in [0.2, 0.25) is 0 Å². The number of carbonyl (C=O) groups excluding carboxylic acids is 1. The van der Waals surface area contributed by atoms with Crippen molar-refractivity contribution in [2.75, 3.05) is 27.1 Å². The molecule has 1 atom stereocenters. The van der Waals surface area contributed by atoms with Crippen molar-refractivity contribution in [1.82, 2.24) is 15.2 Å². The number of amides is 1. The molecule has 0 aliphatic carbocycles. The molecule has 5 nitrogen and oxygen atoms in total. The fourth-order valence-corrected chi connectivity index (χ4v) is 1.97. The van der Waals surface area contributed by atoms with Crippen molar-refractivity contribution in [3.63, 3.8) is 0 Å². The Morgan fingerprint density at radius 1 is 1.62 bits per heavy atom. The van der Waals surface area contributed by atoms with E-state index in [1.54, 1.807) is 0 Å². The normalized spacial score (nSPS) is 32.6. The number of ether oxygens (including phenoxy) is 1. The molecule has 0 spiro atoms. The van der Waals surface area contributed by atoms with Gasteiger partial charge >= 0.3 is 6.09 Å². The van der Waals surface area contributed by atoms with Crippen molar-refractivity contribution < 1.29 is 27.4 Å². The second-order valence-electron chi connectivity index (χ2n) is 4.47. The molecule has 0 saturated carbocycles. The van der Waals surface area contributed by atoms with E-state index in [1.165, 1.54) is 0 Å². The van der Waals surface area contributed by atoms with Crippen LogP contribution in [0.5, 0.6) is 0 Å². The van der Waals surface area contributed by atoms with Crippen LogP contribution in [-0.2, 0) is 17.5 Å². The first kappa shape index (κ1) is 5.32. The molecule has 1 aliphatic rings. The fourth-order valence-electron chi connectivity index (χ4n) is 1.97. The highest BCUT2D eigenvalue weighted by Gasteiger charge is 2.22. The second-order valence-corrected chi connectivity index (χ2v) is 4.47. The van der Waals surface area contributed by atoms with Gasteiger partial charge in [0.2, 0.25) is 0 Å². The molecule has 2 heterocycles. The van der Waals surface area contributed by atoms with Crippen LogP contribution >= 0.6 is 0 Å². The van der Waals surface area contributed by atoms with E-state index in [9.17, 15) is 4.79 Å². The van der Waals surface area contributed by atoms with Crippen LogP contribution in [0, 0.1) is 0 Å². The predicted octanol–water partition coefficient (Wildman–Crippen LogP) is 1.92. The minimum atomic E-state index is -3.20.